The monoisotopic (exact) mass is 416 g/mol. The molecule has 1 amide bonds. The number of carboxylic acid groups (broad SMARTS) is 1. The van der Waals surface area contributed by atoms with Crippen molar-refractivity contribution in [2.45, 2.75) is 38.8 Å². The quantitative estimate of drug-likeness (QED) is 0.504. The van der Waals surface area contributed by atoms with Gasteiger partial charge in [0.1, 0.15) is 11.8 Å². The molecule has 0 unspecified atom stereocenters. The number of carbonyl (C=O) groups excluding carboxylic acids is 2. The van der Waals surface area contributed by atoms with Crippen molar-refractivity contribution in [1.29, 1.82) is 0 Å². The smallest absolute Gasteiger partial charge is 0.328 e. The second-order valence-corrected chi connectivity index (χ2v) is 6.70. The second kappa shape index (κ2) is 12.2. The van der Waals surface area contributed by atoms with E-state index in [-0.39, 0.29) is 6.42 Å². The molecule has 0 aromatic heterocycles. The fourth-order valence-electron chi connectivity index (χ4n) is 2.48. The molecule has 5 N–H and O–H groups in total. The van der Waals surface area contributed by atoms with E-state index in [9.17, 15) is 14.4 Å². The van der Waals surface area contributed by atoms with Gasteiger partial charge in [-0.25, -0.2) is 4.79 Å². The third kappa shape index (κ3) is 8.32. The van der Waals surface area contributed by atoms with Crippen LogP contribution in [-0.2, 0) is 25.5 Å². The van der Waals surface area contributed by atoms with Gasteiger partial charge >= 0.3 is 11.9 Å². The largest absolute Gasteiger partial charge is 0.508 e. The van der Waals surface area contributed by atoms with Crippen LogP contribution in [0.1, 0.15) is 23.1 Å². The summed E-state index contributed by atoms with van der Waals surface area (Å²) in [6.07, 6.45) is -0.274. The Bertz CT molecular complexity index is 834. The summed E-state index contributed by atoms with van der Waals surface area (Å²) < 4.78 is 4.64. The Morgan fingerprint density at radius 1 is 1.07 bits per heavy atom. The SMILES string of the molecule is COC(=O)[C@@H](Cc1ccccc1)NC(=O)[C@H](N)CC(=O)O.Cc1cccc(O)c1C. The van der Waals surface area contributed by atoms with Crippen molar-refractivity contribution in [1.82, 2.24) is 5.32 Å². The first-order chi connectivity index (χ1) is 14.1. The summed E-state index contributed by atoms with van der Waals surface area (Å²) in [6.45, 7) is 3.89. The van der Waals surface area contributed by atoms with E-state index in [0.29, 0.717) is 5.75 Å². The highest BCUT2D eigenvalue weighted by Crippen LogP contribution is 2.17. The number of carbonyl (C=O) groups is 3. The lowest BCUT2D eigenvalue weighted by molar-refractivity contribution is -0.145. The lowest BCUT2D eigenvalue weighted by Gasteiger charge is -2.18. The lowest BCUT2D eigenvalue weighted by Crippen LogP contribution is -2.50. The van der Waals surface area contributed by atoms with Gasteiger partial charge in [-0.3, -0.25) is 9.59 Å². The Hall–Kier alpha value is -3.39. The summed E-state index contributed by atoms with van der Waals surface area (Å²) in [5.74, 6) is -2.12. The zero-order valence-corrected chi connectivity index (χ0v) is 17.3. The molecule has 0 aliphatic heterocycles. The van der Waals surface area contributed by atoms with E-state index in [1.807, 2.05) is 44.2 Å². The zero-order valence-electron chi connectivity index (χ0n) is 17.3. The van der Waals surface area contributed by atoms with Crippen molar-refractivity contribution in [3.05, 3.63) is 65.2 Å². The van der Waals surface area contributed by atoms with E-state index >= 15 is 0 Å². The molecule has 0 spiro atoms. The van der Waals surface area contributed by atoms with Crippen LogP contribution in [0.2, 0.25) is 0 Å². The Kier molecular flexibility index (Phi) is 10.0. The molecule has 30 heavy (non-hydrogen) atoms. The van der Waals surface area contributed by atoms with Gasteiger partial charge in [-0.2, -0.15) is 0 Å². The standard InChI is InChI=1S/C14H18N2O5.C8H10O/c1-21-14(20)11(7-9-5-3-2-4-6-9)16-13(19)10(15)8-12(17)18;1-6-4-3-5-8(9)7(6)2/h2-6,10-11H,7-8,15H2,1H3,(H,16,19)(H,17,18);3-5,9H,1-2H3/t10-,11-;/m1./s1. The molecule has 0 aliphatic rings. The molecule has 0 saturated carbocycles. The Morgan fingerprint density at radius 2 is 1.70 bits per heavy atom. The average Bonchev–Trinajstić information content (AvgIpc) is 2.71. The third-order valence-corrected chi connectivity index (χ3v) is 4.39. The third-order valence-electron chi connectivity index (χ3n) is 4.39. The molecule has 8 nitrogen and oxygen atoms in total. The van der Waals surface area contributed by atoms with Crippen LogP contribution in [0.4, 0.5) is 0 Å². The van der Waals surface area contributed by atoms with Crippen LogP contribution in [0.5, 0.6) is 5.75 Å². The predicted molar refractivity (Wildman–Crippen MR) is 112 cm³/mol. The maximum atomic E-state index is 11.8. The minimum absolute atomic E-state index is 0.235. The first kappa shape index (κ1) is 24.6. The number of rotatable bonds is 7. The van der Waals surface area contributed by atoms with Crippen molar-refractivity contribution >= 4 is 17.8 Å². The molecule has 2 rings (SSSR count). The summed E-state index contributed by atoms with van der Waals surface area (Å²) >= 11 is 0. The number of hydrogen-bond donors (Lipinski definition) is 4. The number of nitrogens with two attached hydrogens (primary N) is 1. The first-order valence-corrected chi connectivity index (χ1v) is 9.30. The summed E-state index contributed by atoms with van der Waals surface area (Å²) in [4.78, 5) is 34.0. The maximum Gasteiger partial charge on any atom is 0.328 e. The molecule has 0 fully saturated rings. The molecule has 162 valence electrons. The molecule has 2 aromatic carbocycles. The van der Waals surface area contributed by atoms with Gasteiger partial charge < -0.3 is 26.0 Å². The minimum Gasteiger partial charge on any atom is -0.508 e. The van der Waals surface area contributed by atoms with Crippen LogP contribution < -0.4 is 11.1 Å². The number of ether oxygens (including phenoxy) is 1. The average molecular weight is 416 g/mol. The van der Waals surface area contributed by atoms with Crippen LogP contribution >= 0.6 is 0 Å². The van der Waals surface area contributed by atoms with Crippen molar-refractivity contribution < 1.29 is 29.3 Å². The van der Waals surface area contributed by atoms with E-state index in [1.54, 1.807) is 18.2 Å². The minimum atomic E-state index is -1.22. The van der Waals surface area contributed by atoms with E-state index in [4.69, 9.17) is 15.9 Å². The first-order valence-electron chi connectivity index (χ1n) is 9.30. The number of methoxy groups -OCH3 is 1. The number of aromatic hydroxyl groups is 1. The zero-order chi connectivity index (χ0) is 22.7. The molecule has 0 radical (unpaired) electrons. The molecule has 2 aromatic rings. The van der Waals surface area contributed by atoms with E-state index in [2.05, 4.69) is 10.1 Å². The summed E-state index contributed by atoms with van der Waals surface area (Å²) in [7, 11) is 1.21. The number of phenolic OH excluding ortho intramolecular Hbond substituents is 1. The van der Waals surface area contributed by atoms with Crippen LogP contribution in [0.25, 0.3) is 0 Å². The number of benzene rings is 2. The fourth-order valence-corrected chi connectivity index (χ4v) is 2.48. The van der Waals surface area contributed by atoms with Gasteiger partial charge in [-0.15, -0.1) is 0 Å². The number of amides is 1. The summed E-state index contributed by atoms with van der Waals surface area (Å²) in [5.41, 5.74) is 8.39. The topological polar surface area (TPSA) is 139 Å². The van der Waals surface area contributed by atoms with Crippen LogP contribution in [-0.4, -0.2) is 47.3 Å². The number of esters is 1. The Labute approximate surface area is 175 Å². The fraction of sp³-hybridized carbons (Fsp3) is 0.318. The van der Waals surface area contributed by atoms with Crippen molar-refractivity contribution in [2.24, 2.45) is 5.73 Å². The highest BCUT2D eigenvalue weighted by molar-refractivity contribution is 5.89. The van der Waals surface area contributed by atoms with Gasteiger partial charge in [0, 0.05) is 6.42 Å². The molecule has 0 bridgehead atoms. The second-order valence-electron chi connectivity index (χ2n) is 6.70. The molecule has 0 heterocycles. The highest BCUT2D eigenvalue weighted by Gasteiger charge is 2.25. The Balaban J connectivity index is 0.000000414. The van der Waals surface area contributed by atoms with Crippen LogP contribution in [0.15, 0.2) is 48.5 Å². The lowest BCUT2D eigenvalue weighted by atomic mass is 10.1. The highest BCUT2D eigenvalue weighted by atomic mass is 16.5. The van der Waals surface area contributed by atoms with E-state index in [1.165, 1.54) is 7.11 Å². The van der Waals surface area contributed by atoms with Crippen molar-refractivity contribution in [3.63, 3.8) is 0 Å². The molecular weight excluding hydrogens is 388 g/mol. The number of hydrogen-bond acceptors (Lipinski definition) is 6. The van der Waals surface area contributed by atoms with E-state index in [0.717, 1.165) is 16.7 Å². The number of aryl methyl sites for hydroxylation is 1. The predicted octanol–water partition coefficient (Wildman–Crippen LogP) is 1.70. The molecule has 0 saturated heterocycles. The summed E-state index contributed by atoms with van der Waals surface area (Å²) in [5, 5.41) is 20.1. The molecule has 8 heteroatoms. The number of phenols is 1. The number of aliphatic carboxylic acids is 1. The molecule has 2 atom stereocenters. The molecular formula is C22H28N2O6. The van der Waals surface area contributed by atoms with Gasteiger partial charge in [-0.1, -0.05) is 42.5 Å². The van der Waals surface area contributed by atoms with E-state index < -0.39 is 36.4 Å². The van der Waals surface area contributed by atoms with Gasteiger partial charge in [-0.05, 0) is 36.6 Å². The Morgan fingerprint density at radius 3 is 2.20 bits per heavy atom. The van der Waals surface area contributed by atoms with Crippen molar-refractivity contribution in [2.75, 3.05) is 7.11 Å². The van der Waals surface area contributed by atoms with Gasteiger partial charge in [0.2, 0.25) is 5.91 Å². The normalized spacial score (nSPS) is 12.0. The number of nitrogens with one attached hydrogen (secondary N) is 1. The van der Waals surface area contributed by atoms with Crippen LogP contribution in [0, 0.1) is 13.8 Å². The number of carboxylic acids is 1. The van der Waals surface area contributed by atoms with Gasteiger partial charge in [0.05, 0.1) is 19.6 Å². The van der Waals surface area contributed by atoms with Crippen LogP contribution in [0.3, 0.4) is 0 Å². The molecule has 0 aliphatic carbocycles. The summed E-state index contributed by atoms with van der Waals surface area (Å²) in [6, 6.07) is 12.4. The maximum absolute atomic E-state index is 11.8. The van der Waals surface area contributed by atoms with Gasteiger partial charge in [0.25, 0.3) is 0 Å². The van der Waals surface area contributed by atoms with Crippen molar-refractivity contribution in [3.8, 4) is 5.75 Å². The van der Waals surface area contributed by atoms with Gasteiger partial charge in [0.15, 0.2) is 0 Å².